The van der Waals surface area contributed by atoms with E-state index in [1.807, 2.05) is 29.9 Å². The van der Waals surface area contributed by atoms with Gasteiger partial charge >= 0.3 is 0 Å². The van der Waals surface area contributed by atoms with E-state index in [2.05, 4.69) is 17.1 Å². The predicted octanol–water partition coefficient (Wildman–Crippen LogP) is 2.58. The Labute approximate surface area is 173 Å². The summed E-state index contributed by atoms with van der Waals surface area (Å²) in [6.45, 7) is 7.74. The van der Waals surface area contributed by atoms with Gasteiger partial charge in [-0.25, -0.2) is 9.97 Å². The van der Waals surface area contributed by atoms with E-state index in [9.17, 15) is 0 Å². The Morgan fingerprint density at radius 1 is 1.18 bits per heavy atom. The van der Waals surface area contributed by atoms with Crippen molar-refractivity contribution >= 4 is 33.3 Å². The lowest BCUT2D eigenvalue weighted by molar-refractivity contribution is -0.920. The van der Waals surface area contributed by atoms with Crippen LogP contribution in [0.2, 0.25) is 0 Å². The zero-order valence-electron chi connectivity index (χ0n) is 16.8. The van der Waals surface area contributed by atoms with Crippen molar-refractivity contribution in [2.24, 2.45) is 13.0 Å². The number of thiophene rings is 1. The standard InChI is InChI=1S/C20H26N6S2/c1-12-7-9-26(10-8-12)11-16-21-18-17(14-5-4-6-15(14)27-18)19(22-16)28-20-24-23-13(2)25(20)3/h12H,4-11H2,1-3H3/p+1. The van der Waals surface area contributed by atoms with Crippen LogP contribution in [0.4, 0.5) is 0 Å². The van der Waals surface area contributed by atoms with Crippen LogP contribution >= 0.6 is 23.1 Å². The second-order valence-electron chi connectivity index (χ2n) is 8.28. The SMILES string of the molecule is Cc1nnc(Sc2nc(C[NH+]3CCC(C)CC3)nc3sc4c(c23)CCC4)n1C. The summed E-state index contributed by atoms with van der Waals surface area (Å²) >= 11 is 3.53. The minimum absolute atomic E-state index is 0.859. The summed E-state index contributed by atoms with van der Waals surface area (Å²) in [6.07, 6.45) is 6.21. The fraction of sp³-hybridized carbons (Fsp3) is 0.600. The monoisotopic (exact) mass is 415 g/mol. The van der Waals surface area contributed by atoms with Crippen LogP contribution < -0.4 is 4.90 Å². The molecule has 0 saturated carbocycles. The van der Waals surface area contributed by atoms with Gasteiger partial charge in [0, 0.05) is 17.3 Å². The van der Waals surface area contributed by atoms with Gasteiger partial charge in [-0.15, -0.1) is 21.5 Å². The molecule has 8 heteroatoms. The van der Waals surface area contributed by atoms with Crippen LogP contribution in [-0.2, 0) is 26.4 Å². The van der Waals surface area contributed by atoms with E-state index in [4.69, 9.17) is 9.97 Å². The first-order valence-electron chi connectivity index (χ1n) is 10.3. The van der Waals surface area contributed by atoms with Gasteiger partial charge in [0.1, 0.15) is 22.2 Å². The molecule has 0 atom stereocenters. The number of aryl methyl sites for hydroxylation is 3. The first kappa shape index (κ1) is 18.5. The van der Waals surface area contributed by atoms with E-state index in [0.717, 1.165) is 40.7 Å². The Kier molecular flexibility index (Phi) is 4.88. The van der Waals surface area contributed by atoms with E-state index < -0.39 is 0 Å². The van der Waals surface area contributed by atoms with Crippen LogP contribution in [0.3, 0.4) is 0 Å². The lowest BCUT2D eigenvalue weighted by Gasteiger charge is -2.26. The molecule has 28 heavy (non-hydrogen) atoms. The molecule has 2 aliphatic rings. The van der Waals surface area contributed by atoms with Crippen molar-refractivity contribution in [1.82, 2.24) is 24.7 Å². The van der Waals surface area contributed by atoms with Gasteiger partial charge in [0.25, 0.3) is 0 Å². The van der Waals surface area contributed by atoms with Crippen molar-refractivity contribution in [3.05, 3.63) is 22.1 Å². The van der Waals surface area contributed by atoms with Gasteiger partial charge in [-0.3, -0.25) is 0 Å². The van der Waals surface area contributed by atoms with E-state index in [0.29, 0.717) is 0 Å². The van der Waals surface area contributed by atoms with Crippen LogP contribution in [0.25, 0.3) is 10.2 Å². The summed E-state index contributed by atoms with van der Waals surface area (Å²) in [5.41, 5.74) is 1.48. The average molecular weight is 416 g/mol. The molecule has 148 valence electrons. The van der Waals surface area contributed by atoms with Gasteiger partial charge in [0.15, 0.2) is 11.0 Å². The van der Waals surface area contributed by atoms with Crippen molar-refractivity contribution in [3.8, 4) is 0 Å². The molecule has 1 saturated heterocycles. The van der Waals surface area contributed by atoms with Gasteiger partial charge in [0.2, 0.25) is 0 Å². The molecule has 3 aromatic heterocycles. The number of nitrogens with one attached hydrogen (secondary N) is 1. The number of piperidine rings is 1. The van der Waals surface area contributed by atoms with Gasteiger partial charge in [-0.1, -0.05) is 6.92 Å². The highest BCUT2D eigenvalue weighted by molar-refractivity contribution is 7.99. The molecule has 1 aliphatic heterocycles. The Hall–Kier alpha value is -1.51. The normalized spacial score (nSPS) is 22.1. The molecule has 0 spiro atoms. The molecule has 0 aromatic carbocycles. The largest absolute Gasteiger partial charge is 0.329 e. The zero-order valence-corrected chi connectivity index (χ0v) is 18.4. The molecule has 0 radical (unpaired) electrons. The summed E-state index contributed by atoms with van der Waals surface area (Å²) in [4.78, 5) is 14.4. The van der Waals surface area contributed by atoms with Crippen molar-refractivity contribution in [3.63, 3.8) is 0 Å². The summed E-state index contributed by atoms with van der Waals surface area (Å²) < 4.78 is 2.04. The molecule has 1 N–H and O–H groups in total. The smallest absolute Gasteiger partial charge is 0.197 e. The first-order chi connectivity index (χ1) is 13.6. The number of likely N-dealkylation sites (tertiary alicyclic amines) is 1. The number of rotatable bonds is 4. The molecular weight excluding hydrogens is 388 g/mol. The fourth-order valence-electron chi connectivity index (χ4n) is 4.29. The highest BCUT2D eigenvalue weighted by atomic mass is 32.2. The molecule has 5 rings (SSSR count). The Morgan fingerprint density at radius 2 is 2.00 bits per heavy atom. The van der Waals surface area contributed by atoms with E-state index in [1.54, 1.807) is 16.7 Å². The maximum atomic E-state index is 5.07. The molecule has 1 fully saturated rings. The first-order valence-corrected chi connectivity index (χ1v) is 11.9. The second kappa shape index (κ2) is 7.39. The maximum Gasteiger partial charge on any atom is 0.197 e. The molecule has 0 unspecified atom stereocenters. The maximum absolute atomic E-state index is 5.07. The number of hydrogen-bond acceptors (Lipinski definition) is 6. The predicted molar refractivity (Wildman–Crippen MR) is 112 cm³/mol. The van der Waals surface area contributed by atoms with Gasteiger partial charge in [-0.2, -0.15) is 0 Å². The number of fused-ring (bicyclic) bond motifs is 3. The molecule has 1 aliphatic carbocycles. The van der Waals surface area contributed by atoms with Crippen LogP contribution in [0.15, 0.2) is 10.2 Å². The van der Waals surface area contributed by atoms with E-state index in [1.165, 1.54) is 59.4 Å². The van der Waals surface area contributed by atoms with Gasteiger partial charge in [-0.05, 0) is 62.3 Å². The van der Waals surface area contributed by atoms with Crippen LogP contribution in [-0.4, -0.2) is 37.8 Å². The van der Waals surface area contributed by atoms with Gasteiger partial charge < -0.3 is 9.47 Å². The third-order valence-corrected chi connectivity index (χ3v) is 8.42. The molecular formula is C20H27N6S2+. The third kappa shape index (κ3) is 3.35. The van der Waals surface area contributed by atoms with Crippen molar-refractivity contribution in [1.29, 1.82) is 0 Å². The molecule has 6 nitrogen and oxygen atoms in total. The Bertz CT molecular complexity index is 1020. The quantitative estimate of drug-likeness (QED) is 0.664. The van der Waals surface area contributed by atoms with Crippen LogP contribution in [0.5, 0.6) is 0 Å². The molecule has 3 aromatic rings. The van der Waals surface area contributed by atoms with Crippen LogP contribution in [0.1, 0.15) is 48.3 Å². The Balaban J connectivity index is 1.52. The van der Waals surface area contributed by atoms with Crippen molar-refractivity contribution in [2.75, 3.05) is 13.1 Å². The minimum atomic E-state index is 0.859. The van der Waals surface area contributed by atoms with E-state index in [-0.39, 0.29) is 0 Å². The summed E-state index contributed by atoms with van der Waals surface area (Å²) in [6, 6.07) is 0. The Morgan fingerprint density at radius 3 is 2.75 bits per heavy atom. The summed E-state index contributed by atoms with van der Waals surface area (Å²) in [7, 11) is 2.02. The average Bonchev–Trinajstić information content (AvgIpc) is 3.34. The number of nitrogens with zero attached hydrogens (tertiary/aromatic N) is 5. The zero-order chi connectivity index (χ0) is 19.3. The fourth-order valence-corrected chi connectivity index (χ4v) is 6.63. The molecule has 4 heterocycles. The van der Waals surface area contributed by atoms with Gasteiger partial charge in [0.05, 0.1) is 13.1 Å². The second-order valence-corrected chi connectivity index (χ2v) is 10.3. The minimum Gasteiger partial charge on any atom is -0.329 e. The summed E-state index contributed by atoms with van der Waals surface area (Å²) in [5, 5.41) is 11.8. The van der Waals surface area contributed by atoms with Crippen LogP contribution in [0, 0.1) is 12.8 Å². The van der Waals surface area contributed by atoms with E-state index >= 15 is 0 Å². The molecule has 0 bridgehead atoms. The number of quaternary nitrogens is 1. The highest BCUT2D eigenvalue weighted by Crippen LogP contribution is 2.41. The topological polar surface area (TPSA) is 60.9 Å². The molecule has 0 amide bonds. The lowest BCUT2D eigenvalue weighted by atomic mass is 9.99. The number of hydrogen-bond donors (Lipinski definition) is 1. The van der Waals surface area contributed by atoms with Crippen molar-refractivity contribution < 1.29 is 4.90 Å². The summed E-state index contributed by atoms with van der Waals surface area (Å²) in [5.74, 6) is 2.77. The van der Waals surface area contributed by atoms with Crippen molar-refractivity contribution in [2.45, 2.75) is 62.7 Å². The third-order valence-electron chi connectivity index (χ3n) is 6.21. The lowest BCUT2D eigenvalue weighted by Crippen LogP contribution is -3.11. The highest BCUT2D eigenvalue weighted by Gasteiger charge is 2.26. The number of aromatic nitrogens is 5.